The summed E-state index contributed by atoms with van der Waals surface area (Å²) in [6.45, 7) is 5.90. The molecule has 0 radical (unpaired) electrons. The van der Waals surface area contributed by atoms with Crippen LogP contribution in [0.1, 0.15) is 22.3 Å². The summed E-state index contributed by atoms with van der Waals surface area (Å²) >= 11 is 6.92. The quantitative estimate of drug-likeness (QED) is 0.193. The normalized spacial score (nSPS) is 10.4. The summed E-state index contributed by atoms with van der Waals surface area (Å²) < 4.78 is 12.7. The minimum atomic E-state index is -0.936. The second-order valence-electron chi connectivity index (χ2n) is 8.13. The van der Waals surface area contributed by atoms with E-state index in [2.05, 4.69) is 38.4 Å². The molecule has 0 aliphatic heterocycles. The number of carboxylic acid groups (broad SMARTS) is 1. The van der Waals surface area contributed by atoms with E-state index in [0.29, 0.717) is 54.9 Å². The van der Waals surface area contributed by atoms with E-state index in [1.54, 1.807) is 49.6 Å². The molecule has 0 unspecified atom stereocenters. The molecule has 0 spiro atoms. The Balaban J connectivity index is 1.91. The molecule has 0 bridgehead atoms. The van der Waals surface area contributed by atoms with Gasteiger partial charge in [0.05, 0.1) is 22.5 Å². The lowest BCUT2D eigenvalue weighted by molar-refractivity contribution is -0.136. The molecule has 186 valence electrons. The number of carbonyl (C=O) groups is 1. The summed E-state index contributed by atoms with van der Waals surface area (Å²) in [6.07, 6.45) is 0.450. The van der Waals surface area contributed by atoms with Crippen LogP contribution in [0.2, 0.25) is 0 Å². The molecule has 3 aromatic carbocycles. The first kappa shape index (κ1) is 27.3. The SMILES string of the molecule is C=C(Cc1cccc(O)c1C)C(=C=O)Cc1cc(OC)ccc1Oc1c(Br)cc(CC(=O)O)cc1Br. The van der Waals surface area contributed by atoms with Gasteiger partial charge in [-0.15, -0.1) is 0 Å². The molecule has 0 saturated carbocycles. The van der Waals surface area contributed by atoms with E-state index >= 15 is 0 Å². The molecule has 36 heavy (non-hydrogen) atoms. The van der Waals surface area contributed by atoms with Gasteiger partial charge >= 0.3 is 5.97 Å². The average molecular weight is 616 g/mol. The van der Waals surface area contributed by atoms with Crippen LogP contribution in [0.3, 0.4) is 0 Å². The Hall–Kier alpha value is -3.32. The van der Waals surface area contributed by atoms with Crippen molar-refractivity contribution in [1.82, 2.24) is 0 Å². The van der Waals surface area contributed by atoms with Gasteiger partial charge in [-0.2, -0.15) is 0 Å². The molecule has 0 fully saturated rings. The molecule has 8 heteroatoms. The number of halogens is 2. The highest BCUT2D eigenvalue weighted by Gasteiger charge is 2.17. The summed E-state index contributed by atoms with van der Waals surface area (Å²) in [5.74, 6) is 2.80. The summed E-state index contributed by atoms with van der Waals surface area (Å²) in [5.41, 5.74) is 3.82. The number of phenols is 1. The fourth-order valence-corrected chi connectivity index (χ4v) is 5.08. The molecule has 0 aliphatic carbocycles. The summed E-state index contributed by atoms with van der Waals surface area (Å²) in [5, 5.41) is 19.1. The molecule has 0 atom stereocenters. The number of aromatic hydroxyl groups is 1. The van der Waals surface area contributed by atoms with Crippen LogP contribution in [0, 0.1) is 6.92 Å². The number of rotatable bonds is 10. The van der Waals surface area contributed by atoms with Gasteiger partial charge in [-0.05, 0) is 104 Å². The van der Waals surface area contributed by atoms with E-state index in [4.69, 9.17) is 14.6 Å². The fourth-order valence-electron chi connectivity index (χ4n) is 3.64. The Morgan fingerprint density at radius 2 is 1.72 bits per heavy atom. The molecular weight excluding hydrogens is 592 g/mol. The Labute approximate surface area is 226 Å². The Bertz CT molecular complexity index is 1350. The van der Waals surface area contributed by atoms with Gasteiger partial charge in [0.1, 0.15) is 23.2 Å². The zero-order valence-corrected chi connectivity index (χ0v) is 22.9. The molecule has 0 aromatic heterocycles. The first-order valence-corrected chi connectivity index (χ1v) is 12.5. The van der Waals surface area contributed by atoms with Gasteiger partial charge in [-0.1, -0.05) is 18.7 Å². The van der Waals surface area contributed by atoms with E-state index in [9.17, 15) is 14.7 Å². The van der Waals surface area contributed by atoms with E-state index < -0.39 is 5.97 Å². The molecule has 2 N–H and O–H groups in total. The Morgan fingerprint density at radius 3 is 2.33 bits per heavy atom. The number of hydrogen-bond donors (Lipinski definition) is 2. The Kier molecular flexibility index (Phi) is 9.15. The van der Waals surface area contributed by atoms with E-state index in [1.807, 2.05) is 18.9 Å². The predicted octanol–water partition coefficient (Wildman–Crippen LogP) is 6.75. The average Bonchev–Trinajstić information content (AvgIpc) is 2.82. The van der Waals surface area contributed by atoms with Gasteiger partial charge in [0.2, 0.25) is 0 Å². The van der Waals surface area contributed by atoms with Gasteiger partial charge in [-0.25, -0.2) is 4.79 Å². The second-order valence-corrected chi connectivity index (χ2v) is 9.84. The number of hydrogen-bond acceptors (Lipinski definition) is 5. The lowest BCUT2D eigenvalue weighted by Crippen LogP contribution is -2.03. The van der Waals surface area contributed by atoms with Crippen molar-refractivity contribution in [2.75, 3.05) is 7.11 Å². The third-order valence-electron chi connectivity index (χ3n) is 5.63. The highest BCUT2D eigenvalue weighted by Crippen LogP contribution is 2.40. The van der Waals surface area contributed by atoms with Crippen molar-refractivity contribution in [2.24, 2.45) is 0 Å². The summed E-state index contributed by atoms with van der Waals surface area (Å²) in [6, 6.07) is 13.9. The van der Waals surface area contributed by atoms with Gasteiger partial charge in [-0.3, -0.25) is 4.79 Å². The van der Waals surface area contributed by atoms with Crippen molar-refractivity contribution >= 4 is 43.8 Å². The van der Waals surface area contributed by atoms with Crippen LogP contribution in [0.4, 0.5) is 0 Å². The first-order valence-electron chi connectivity index (χ1n) is 10.9. The predicted molar refractivity (Wildman–Crippen MR) is 145 cm³/mol. The zero-order chi connectivity index (χ0) is 26.4. The van der Waals surface area contributed by atoms with Crippen molar-refractivity contribution in [3.8, 4) is 23.0 Å². The third kappa shape index (κ3) is 6.66. The van der Waals surface area contributed by atoms with E-state index in [0.717, 1.165) is 11.1 Å². The molecule has 0 saturated heterocycles. The number of aliphatic carboxylic acids is 1. The van der Waals surface area contributed by atoms with Gasteiger partial charge < -0.3 is 19.7 Å². The summed E-state index contributed by atoms with van der Waals surface area (Å²) in [7, 11) is 1.55. The number of carboxylic acids is 1. The molecule has 6 nitrogen and oxygen atoms in total. The summed E-state index contributed by atoms with van der Waals surface area (Å²) in [4.78, 5) is 23.0. The number of phenolic OH excluding ortho intramolecular Hbond substituents is 1. The maximum absolute atomic E-state index is 11.9. The Morgan fingerprint density at radius 1 is 1.03 bits per heavy atom. The van der Waals surface area contributed by atoms with Crippen molar-refractivity contribution in [3.63, 3.8) is 0 Å². The van der Waals surface area contributed by atoms with E-state index in [-0.39, 0.29) is 18.6 Å². The van der Waals surface area contributed by atoms with Crippen LogP contribution < -0.4 is 9.47 Å². The van der Waals surface area contributed by atoms with Crippen LogP contribution in [-0.2, 0) is 28.9 Å². The van der Waals surface area contributed by atoms with Gasteiger partial charge in [0, 0.05) is 17.6 Å². The maximum atomic E-state index is 11.9. The number of benzene rings is 3. The van der Waals surface area contributed by atoms with Crippen LogP contribution in [0.15, 0.2) is 75.2 Å². The van der Waals surface area contributed by atoms with Crippen molar-refractivity contribution in [2.45, 2.75) is 26.2 Å². The minimum Gasteiger partial charge on any atom is -0.508 e. The third-order valence-corrected chi connectivity index (χ3v) is 6.81. The maximum Gasteiger partial charge on any atom is 0.307 e. The lowest BCUT2D eigenvalue weighted by atomic mass is 9.93. The largest absolute Gasteiger partial charge is 0.508 e. The highest BCUT2D eigenvalue weighted by atomic mass is 79.9. The zero-order valence-electron chi connectivity index (χ0n) is 19.7. The minimum absolute atomic E-state index is 0.125. The highest BCUT2D eigenvalue weighted by molar-refractivity contribution is 9.11. The monoisotopic (exact) mass is 614 g/mol. The van der Waals surface area contributed by atoms with Crippen molar-refractivity contribution in [3.05, 3.63) is 97.5 Å². The second kappa shape index (κ2) is 12.1. The molecule has 0 aliphatic rings. The standard InChI is InChI=1S/C28H24Br2O6/c1-16(9-19-5-4-6-25(32)17(19)2)21(15-31)13-20-14-22(35-3)7-8-26(20)36-28-23(29)10-18(11-24(28)30)12-27(33)34/h4-8,10-11,14,32H,1,9,12-13H2,2-3H3,(H,33,34). The molecule has 0 amide bonds. The molecule has 3 rings (SSSR count). The fraction of sp³-hybridized carbons (Fsp3) is 0.179. The van der Waals surface area contributed by atoms with Crippen LogP contribution in [-0.4, -0.2) is 29.2 Å². The number of carbonyl (C=O) groups excluding carboxylic acids is 1. The van der Waals surface area contributed by atoms with Gasteiger partial charge in [0.15, 0.2) is 5.75 Å². The van der Waals surface area contributed by atoms with Crippen LogP contribution >= 0.6 is 31.9 Å². The van der Waals surface area contributed by atoms with Crippen molar-refractivity contribution < 1.29 is 29.3 Å². The first-order chi connectivity index (χ1) is 17.1. The molecular formula is C28H24Br2O6. The molecule has 3 aromatic rings. The van der Waals surface area contributed by atoms with Crippen molar-refractivity contribution in [1.29, 1.82) is 0 Å². The van der Waals surface area contributed by atoms with Gasteiger partial charge in [0.25, 0.3) is 0 Å². The topological polar surface area (TPSA) is 93.1 Å². The van der Waals surface area contributed by atoms with Crippen LogP contribution in [0.25, 0.3) is 0 Å². The molecule has 0 heterocycles. The number of methoxy groups -OCH3 is 1. The number of allylic oxidation sites excluding steroid dienone is 2. The smallest absolute Gasteiger partial charge is 0.307 e. The van der Waals surface area contributed by atoms with E-state index in [1.165, 1.54) is 0 Å². The number of ether oxygens (including phenoxy) is 2. The lowest BCUT2D eigenvalue weighted by Gasteiger charge is -2.17. The van der Waals surface area contributed by atoms with Crippen LogP contribution in [0.5, 0.6) is 23.0 Å².